The first-order valence-electron chi connectivity index (χ1n) is 7.34. The summed E-state index contributed by atoms with van der Waals surface area (Å²) in [6.45, 7) is 0.865. The Hall–Kier alpha value is -2.36. The van der Waals surface area contributed by atoms with Crippen molar-refractivity contribution in [3.8, 4) is 5.69 Å². The number of rotatable bonds is 3. The van der Waals surface area contributed by atoms with E-state index >= 15 is 0 Å². The molecule has 2 heterocycles. The van der Waals surface area contributed by atoms with Crippen molar-refractivity contribution < 1.29 is 22.2 Å². The summed E-state index contributed by atoms with van der Waals surface area (Å²) in [6.07, 6.45) is 0.133. The molecule has 0 bridgehead atoms. The van der Waals surface area contributed by atoms with Gasteiger partial charge in [0.05, 0.1) is 34.6 Å². The predicted molar refractivity (Wildman–Crippen MR) is 87.0 cm³/mol. The molecule has 1 aromatic carbocycles. The number of benzene rings is 1. The van der Waals surface area contributed by atoms with E-state index in [-0.39, 0.29) is 11.3 Å². The van der Waals surface area contributed by atoms with Crippen LogP contribution in [-0.2, 0) is 17.0 Å². The second-order valence-corrected chi connectivity index (χ2v) is 7.34. The first-order chi connectivity index (χ1) is 11.7. The number of anilines is 1. The van der Waals surface area contributed by atoms with Gasteiger partial charge in [0.25, 0.3) is 0 Å². The molecule has 0 saturated carbocycles. The van der Waals surface area contributed by atoms with Crippen molar-refractivity contribution in [1.29, 1.82) is 0 Å². The second kappa shape index (κ2) is 6.51. The number of nitrogens with zero attached hydrogens (tertiary/aromatic N) is 3. The van der Waals surface area contributed by atoms with Crippen molar-refractivity contribution >= 4 is 22.5 Å². The van der Waals surface area contributed by atoms with Gasteiger partial charge in [-0.05, 0) is 24.3 Å². The molecular weight excluding hydrogens is 357 g/mol. The number of nitrogens with one attached hydrogen (secondary N) is 1. The number of alkyl halides is 3. The Morgan fingerprint density at radius 2 is 1.92 bits per heavy atom. The zero-order chi connectivity index (χ0) is 18.2. The Labute approximate surface area is 144 Å². The fourth-order valence-electron chi connectivity index (χ4n) is 2.35. The van der Waals surface area contributed by atoms with E-state index in [1.807, 2.05) is 0 Å². The van der Waals surface area contributed by atoms with E-state index in [1.165, 1.54) is 34.1 Å². The van der Waals surface area contributed by atoms with Crippen LogP contribution in [0.4, 0.5) is 23.7 Å². The van der Waals surface area contributed by atoms with E-state index in [4.69, 9.17) is 0 Å². The van der Waals surface area contributed by atoms with Gasteiger partial charge in [-0.25, -0.2) is 9.48 Å². The van der Waals surface area contributed by atoms with Crippen LogP contribution in [0.5, 0.6) is 0 Å². The van der Waals surface area contributed by atoms with E-state index in [1.54, 1.807) is 6.26 Å². The zero-order valence-electron chi connectivity index (χ0n) is 13.2. The van der Waals surface area contributed by atoms with Crippen LogP contribution in [0.2, 0.25) is 0 Å². The maximum Gasteiger partial charge on any atom is 0.416 e. The molecular formula is C15H15F3N4O2S. The highest BCUT2D eigenvalue weighted by molar-refractivity contribution is 7.85. The fourth-order valence-corrected chi connectivity index (χ4v) is 3.13. The minimum Gasteiger partial charge on any atom is -0.322 e. The topological polar surface area (TPSA) is 67.2 Å². The molecule has 1 unspecified atom stereocenters. The monoisotopic (exact) mass is 372 g/mol. The molecule has 1 saturated heterocycles. The van der Waals surface area contributed by atoms with Gasteiger partial charge >= 0.3 is 12.2 Å². The van der Waals surface area contributed by atoms with Crippen molar-refractivity contribution in [1.82, 2.24) is 14.7 Å². The van der Waals surface area contributed by atoms with Gasteiger partial charge in [-0.1, -0.05) is 0 Å². The van der Waals surface area contributed by atoms with Crippen LogP contribution in [0.1, 0.15) is 5.56 Å². The van der Waals surface area contributed by atoms with Crippen LogP contribution < -0.4 is 5.32 Å². The highest BCUT2D eigenvalue weighted by atomic mass is 32.2. The third kappa shape index (κ3) is 3.84. The van der Waals surface area contributed by atoms with Crippen LogP contribution in [0.15, 0.2) is 36.7 Å². The van der Waals surface area contributed by atoms with Gasteiger partial charge in [-0.2, -0.15) is 18.3 Å². The molecule has 3 rings (SSSR count). The van der Waals surface area contributed by atoms with E-state index < -0.39 is 22.5 Å². The van der Waals surface area contributed by atoms with Crippen molar-refractivity contribution in [3.05, 3.63) is 42.2 Å². The van der Waals surface area contributed by atoms with Gasteiger partial charge < -0.3 is 10.2 Å². The first-order valence-corrected chi connectivity index (χ1v) is 8.96. The number of hydrogen-bond acceptors (Lipinski definition) is 3. The van der Waals surface area contributed by atoms with Crippen LogP contribution in [0, 0.1) is 0 Å². The Morgan fingerprint density at radius 1 is 1.28 bits per heavy atom. The Bertz CT molecular complexity index is 798. The second-order valence-electron chi connectivity index (χ2n) is 5.67. The van der Waals surface area contributed by atoms with Crippen LogP contribution in [-0.4, -0.2) is 49.5 Å². The molecule has 0 radical (unpaired) electrons. The van der Waals surface area contributed by atoms with E-state index in [0.717, 1.165) is 12.1 Å². The Morgan fingerprint density at radius 3 is 2.48 bits per heavy atom. The maximum atomic E-state index is 12.6. The average Bonchev–Trinajstić information content (AvgIpc) is 2.93. The summed E-state index contributed by atoms with van der Waals surface area (Å²) in [6, 6.07) is 4.23. The molecule has 1 fully saturated rings. The Balaban J connectivity index is 1.63. The van der Waals surface area contributed by atoms with Gasteiger partial charge in [0, 0.05) is 30.1 Å². The fraction of sp³-hybridized carbons (Fsp3) is 0.333. The van der Waals surface area contributed by atoms with Crippen molar-refractivity contribution in [3.63, 3.8) is 0 Å². The molecule has 6 nitrogen and oxygen atoms in total. The number of aromatic nitrogens is 2. The predicted octanol–water partition coefficient (Wildman–Crippen LogP) is 2.49. The maximum absolute atomic E-state index is 12.6. The molecule has 1 atom stereocenters. The largest absolute Gasteiger partial charge is 0.416 e. The number of amides is 2. The standard InChI is InChI=1S/C15H15F3N4O2S/c1-25(24)13-8-21(9-13)14(23)20-11-6-19-22(7-11)12-4-2-10(3-5-12)15(16,17)18/h2-7,13H,8-9H2,1H3,(H,20,23). The minimum absolute atomic E-state index is 0.000574. The third-order valence-corrected chi connectivity index (χ3v) is 5.13. The van der Waals surface area contributed by atoms with Crippen LogP contribution in [0.25, 0.3) is 5.69 Å². The normalized spacial score (nSPS) is 16.4. The van der Waals surface area contributed by atoms with Crippen molar-refractivity contribution in [2.75, 3.05) is 24.7 Å². The number of carbonyl (C=O) groups is 1. The van der Waals surface area contributed by atoms with E-state index in [0.29, 0.717) is 24.5 Å². The molecule has 1 N–H and O–H groups in total. The lowest BCUT2D eigenvalue weighted by Crippen LogP contribution is -2.56. The van der Waals surface area contributed by atoms with Gasteiger partial charge in [-0.3, -0.25) is 4.21 Å². The first kappa shape index (κ1) is 17.5. The molecule has 10 heteroatoms. The highest BCUT2D eigenvalue weighted by Crippen LogP contribution is 2.29. The SMILES string of the molecule is CS(=O)C1CN(C(=O)Nc2cnn(-c3ccc(C(F)(F)F)cc3)c2)C1. The number of carbonyl (C=O) groups excluding carboxylic acids is 1. The van der Waals surface area contributed by atoms with Gasteiger partial charge in [-0.15, -0.1) is 0 Å². The lowest BCUT2D eigenvalue weighted by molar-refractivity contribution is -0.137. The molecule has 25 heavy (non-hydrogen) atoms. The number of likely N-dealkylation sites (tertiary alicyclic amines) is 1. The van der Waals surface area contributed by atoms with Crippen molar-refractivity contribution in [2.24, 2.45) is 0 Å². The lowest BCUT2D eigenvalue weighted by Gasteiger charge is -2.37. The summed E-state index contributed by atoms with van der Waals surface area (Å²) in [5, 5.41) is 6.69. The molecule has 1 aliphatic heterocycles. The van der Waals surface area contributed by atoms with Gasteiger partial charge in [0.1, 0.15) is 0 Å². The lowest BCUT2D eigenvalue weighted by atomic mass is 10.2. The summed E-state index contributed by atoms with van der Waals surface area (Å²) in [7, 11) is -0.955. The smallest absolute Gasteiger partial charge is 0.322 e. The summed E-state index contributed by atoms with van der Waals surface area (Å²) < 4.78 is 50.3. The van der Waals surface area contributed by atoms with Crippen LogP contribution in [0.3, 0.4) is 0 Å². The average molecular weight is 372 g/mol. The molecule has 134 valence electrons. The number of urea groups is 1. The van der Waals surface area contributed by atoms with Gasteiger partial charge in [0.15, 0.2) is 0 Å². The summed E-state index contributed by atoms with van der Waals surface area (Å²) in [5.74, 6) is 0. The number of hydrogen-bond donors (Lipinski definition) is 1. The number of halogens is 3. The Kier molecular flexibility index (Phi) is 4.55. The summed E-state index contributed by atoms with van der Waals surface area (Å²) >= 11 is 0. The molecule has 0 spiro atoms. The zero-order valence-corrected chi connectivity index (χ0v) is 14.0. The third-order valence-electron chi connectivity index (χ3n) is 3.90. The molecule has 2 amide bonds. The van der Waals surface area contributed by atoms with Crippen molar-refractivity contribution in [2.45, 2.75) is 11.4 Å². The van der Waals surface area contributed by atoms with Crippen LogP contribution >= 0.6 is 0 Å². The quantitative estimate of drug-likeness (QED) is 0.900. The minimum atomic E-state index is -4.39. The molecule has 1 aromatic heterocycles. The highest BCUT2D eigenvalue weighted by Gasteiger charge is 2.33. The van der Waals surface area contributed by atoms with E-state index in [2.05, 4.69) is 10.4 Å². The summed E-state index contributed by atoms with van der Waals surface area (Å²) in [4.78, 5) is 13.5. The molecule has 1 aliphatic rings. The molecule has 0 aliphatic carbocycles. The summed E-state index contributed by atoms with van der Waals surface area (Å²) in [5.41, 5.74) is 0.127. The molecule has 2 aromatic rings. The van der Waals surface area contributed by atoms with E-state index in [9.17, 15) is 22.2 Å². The van der Waals surface area contributed by atoms with Gasteiger partial charge in [0.2, 0.25) is 0 Å².